The van der Waals surface area contributed by atoms with Crippen LogP contribution >= 0.6 is 11.3 Å². The lowest BCUT2D eigenvalue weighted by molar-refractivity contribution is 0.0456. The molecule has 0 fully saturated rings. The molecule has 0 aliphatic heterocycles. The van der Waals surface area contributed by atoms with Crippen LogP contribution in [0.5, 0.6) is 0 Å². The predicted molar refractivity (Wildman–Crippen MR) is 96.1 cm³/mol. The number of carbonyl (C=O) groups is 1. The Bertz CT molecular complexity index is 493. The van der Waals surface area contributed by atoms with E-state index in [-0.39, 0.29) is 12.0 Å². The molecule has 0 saturated carbocycles. The van der Waals surface area contributed by atoms with Gasteiger partial charge in [-0.05, 0) is 52.2 Å². The summed E-state index contributed by atoms with van der Waals surface area (Å²) in [6, 6.07) is 4.28. The van der Waals surface area contributed by atoms with Gasteiger partial charge in [0.2, 0.25) is 0 Å². The van der Waals surface area contributed by atoms with Crippen molar-refractivity contribution >= 4 is 17.4 Å². The van der Waals surface area contributed by atoms with E-state index in [9.17, 15) is 9.90 Å². The molecule has 1 rings (SSSR count). The van der Waals surface area contributed by atoms with Crippen molar-refractivity contribution in [3.05, 3.63) is 21.9 Å². The summed E-state index contributed by atoms with van der Waals surface area (Å²) >= 11 is 1.79. The van der Waals surface area contributed by atoms with Gasteiger partial charge in [-0.1, -0.05) is 20.3 Å². The zero-order valence-corrected chi connectivity index (χ0v) is 15.9. The lowest BCUT2D eigenvalue weighted by Gasteiger charge is -2.32. The molecule has 1 amide bonds. The molecule has 1 aromatic heterocycles. The summed E-state index contributed by atoms with van der Waals surface area (Å²) in [6.45, 7) is 10.2. The van der Waals surface area contributed by atoms with E-state index in [0.717, 1.165) is 25.7 Å². The molecule has 1 unspecified atom stereocenters. The molecule has 4 nitrogen and oxygen atoms in total. The summed E-state index contributed by atoms with van der Waals surface area (Å²) in [5, 5.41) is 12.8. The number of thiophene rings is 1. The minimum absolute atomic E-state index is 0.0516. The molecule has 1 atom stereocenters. The molecule has 0 aliphatic rings. The number of carbonyl (C=O) groups excluding carboxylic acids is 1. The second-order valence-corrected chi connectivity index (χ2v) is 8.41. The van der Waals surface area contributed by atoms with Gasteiger partial charge in [-0.3, -0.25) is 0 Å². The molecule has 0 radical (unpaired) electrons. The van der Waals surface area contributed by atoms with Crippen molar-refractivity contribution in [3.63, 3.8) is 0 Å². The van der Waals surface area contributed by atoms with Gasteiger partial charge in [0.15, 0.2) is 0 Å². The Kier molecular flexibility index (Phi) is 7.55. The molecular formula is C18H31NO3S. The fourth-order valence-electron chi connectivity index (χ4n) is 2.61. The average Bonchev–Trinajstić information content (AvgIpc) is 2.91. The molecule has 0 aromatic carbocycles. The molecule has 132 valence electrons. The van der Waals surface area contributed by atoms with Crippen LogP contribution in [0.1, 0.15) is 57.2 Å². The molecule has 0 aliphatic carbocycles. The molecule has 1 aromatic rings. The number of aliphatic hydroxyl groups is 1. The van der Waals surface area contributed by atoms with Crippen molar-refractivity contribution in [1.82, 2.24) is 5.32 Å². The van der Waals surface area contributed by atoms with Crippen molar-refractivity contribution in [1.29, 1.82) is 0 Å². The average molecular weight is 342 g/mol. The van der Waals surface area contributed by atoms with E-state index in [0.29, 0.717) is 6.54 Å². The van der Waals surface area contributed by atoms with Crippen LogP contribution in [-0.4, -0.2) is 30.0 Å². The quantitative estimate of drug-likeness (QED) is 0.746. The molecule has 1 heterocycles. The zero-order valence-electron chi connectivity index (χ0n) is 15.1. The number of nitrogens with one attached hydrogen (secondary N) is 1. The first-order chi connectivity index (χ1) is 10.7. The zero-order chi connectivity index (χ0) is 17.5. The van der Waals surface area contributed by atoms with E-state index in [1.807, 2.05) is 20.8 Å². The largest absolute Gasteiger partial charge is 0.444 e. The maximum atomic E-state index is 11.9. The lowest BCUT2D eigenvalue weighted by atomic mass is 9.80. The predicted octanol–water partition coefficient (Wildman–Crippen LogP) is 4.16. The van der Waals surface area contributed by atoms with Gasteiger partial charge in [-0.2, -0.15) is 0 Å². The normalized spacial score (nSPS) is 14.3. The highest BCUT2D eigenvalue weighted by molar-refractivity contribution is 7.11. The number of hydrogen-bond acceptors (Lipinski definition) is 4. The van der Waals surface area contributed by atoms with E-state index in [4.69, 9.17) is 4.74 Å². The number of aryl methyl sites for hydroxylation is 1. The Morgan fingerprint density at radius 1 is 1.26 bits per heavy atom. The SMILES string of the molecule is CCCC(CO)(CNC(=O)OC(C)(C)C)Cc1ccc(CC)s1. The van der Waals surface area contributed by atoms with Gasteiger partial charge in [-0.25, -0.2) is 4.79 Å². The Morgan fingerprint density at radius 2 is 1.91 bits per heavy atom. The Balaban J connectivity index is 2.75. The van der Waals surface area contributed by atoms with E-state index in [2.05, 4.69) is 31.3 Å². The smallest absolute Gasteiger partial charge is 0.407 e. The van der Waals surface area contributed by atoms with Crippen LogP contribution < -0.4 is 5.32 Å². The number of alkyl carbamates (subject to hydrolysis) is 1. The van der Waals surface area contributed by atoms with Gasteiger partial charge in [0.05, 0.1) is 6.61 Å². The van der Waals surface area contributed by atoms with Gasteiger partial charge in [-0.15, -0.1) is 11.3 Å². The third-order valence-corrected chi connectivity index (χ3v) is 4.97. The summed E-state index contributed by atoms with van der Waals surface area (Å²) in [5.41, 5.74) is -0.845. The van der Waals surface area contributed by atoms with Crippen molar-refractivity contribution in [3.8, 4) is 0 Å². The van der Waals surface area contributed by atoms with Crippen LogP contribution in [-0.2, 0) is 17.6 Å². The molecule has 2 N–H and O–H groups in total. The number of ether oxygens (including phenoxy) is 1. The fourth-order valence-corrected chi connectivity index (χ4v) is 3.74. The van der Waals surface area contributed by atoms with Gasteiger partial charge in [0, 0.05) is 21.7 Å². The maximum Gasteiger partial charge on any atom is 0.407 e. The van der Waals surface area contributed by atoms with Crippen LogP contribution in [0, 0.1) is 5.41 Å². The van der Waals surface area contributed by atoms with E-state index >= 15 is 0 Å². The monoisotopic (exact) mass is 341 g/mol. The van der Waals surface area contributed by atoms with Crippen LogP contribution in [0.2, 0.25) is 0 Å². The van der Waals surface area contributed by atoms with Gasteiger partial charge >= 0.3 is 6.09 Å². The summed E-state index contributed by atoms with van der Waals surface area (Å²) < 4.78 is 5.30. The number of rotatable bonds is 8. The van der Waals surface area contributed by atoms with Gasteiger partial charge in [0.25, 0.3) is 0 Å². The number of hydrogen-bond donors (Lipinski definition) is 2. The lowest BCUT2D eigenvalue weighted by Crippen LogP contribution is -2.43. The van der Waals surface area contributed by atoms with Crippen molar-refractivity contribution < 1.29 is 14.6 Å². The van der Waals surface area contributed by atoms with E-state index < -0.39 is 11.7 Å². The molecule has 0 spiro atoms. The van der Waals surface area contributed by atoms with Gasteiger partial charge in [0.1, 0.15) is 5.60 Å². The second-order valence-electron chi connectivity index (χ2n) is 7.16. The Labute approximate surface area is 144 Å². The van der Waals surface area contributed by atoms with Crippen molar-refractivity contribution in [2.45, 2.75) is 65.9 Å². The Hall–Kier alpha value is -1.07. The van der Waals surface area contributed by atoms with E-state index in [1.165, 1.54) is 9.75 Å². The topological polar surface area (TPSA) is 58.6 Å². The fraction of sp³-hybridized carbons (Fsp3) is 0.722. The summed E-state index contributed by atoms with van der Waals surface area (Å²) in [4.78, 5) is 14.5. The van der Waals surface area contributed by atoms with Gasteiger partial charge < -0.3 is 15.2 Å². The summed E-state index contributed by atoms with van der Waals surface area (Å²) in [5.74, 6) is 0. The van der Waals surface area contributed by atoms with Crippen LogP contribution in [0.15, 0.2) is 12.1 Å². The number of amides is 1. The van der Waals surface area contributed by atoms with E-state index in [1.54, 1.807) is 11.3 Å². The molecule has 0 saturated heterocycles. The first-order valence-corrected chi connectivity index (χ1v) is 9.20. The highest BCUT2D eigenvalue weighted by Crippen LogP contribution is 2.31. The molecule has 23 heavy (non-hydrogen) atoms. The van der Waals surface area contributed by atoms with Crippen molar-refractivity contribution in [2.24, 2.45) is 5.41 Å². The molecule has 0 bridgehead atoms. The highest BCUT2D eigenvalue weighted by atomic mass is 32.1. The second kappa shape index (κ2) is 8.69. The molecule has 5 heteroatoms. The third-order valence-electron chi connectivity index (χ3n) is 3.74. The molecular weight excluding hydrogens is 310 g/mol. The van der Waals surface area contributed by atoms with Crippen LogP contribution in [0.3, 0.4) is 0 Å². The van der Waals surface area contributed by atoms with Crippen LogP contribution in [0.25, 0.3) is 0 Å². The number of aliphatic hydroxyl groups excluding tert-OH is 1. The van der Waals surface area contributed by atoms with Crippen LogP contribution in [0.4, 0.5) is 4.79 Å². The minimum Gasteiger partial charge on any atom is -0.444 e. The Morgan fingerprint density at radius 3 is 2.39 bits per heavy atom. The first kappa shape index (κ1) is 20.0. The van der Waals surface area contributed by atoms with Crippen molar-refractivity contribution in [2.75, 3.05) is 13.2 Å². The first-order valence-electron chi connectivity index (χ1n) is 8.39. The standard InChI is InChI=1S/C18H31NO3S/c1-6-10-18(13-20,11-15-9-8-14(7-2)23-15)12-19-16(21)22-17(3,4)5/h8-9,20H,6-7,10-13H2,1-5H3,(H,19,21). The maximum absolute atomic E-state index is 11.9. The highest BCUT2D eigenvalue weighted by Gasteiger charge is 2.31. The third kappa shape index (κ3) is 6.92. The minimum atomic E-state index is -0.513. The summed E-state index contributed by atoms with van der Waals surface area (Å²) in [7, 11) is 0. The summed E-state index contributed by atoms with van der Waals surface area (Å²) in [6.07, 6.45) is 3.20.